The zero-order valence-corrected chi connectivity index (χ0v) is 10.3. The van der Waals surface area contributed by atoms with Crippen molar-refractivity contribution in [2.45, 2.75) is 19.9 Å². The topological polar surface area (TPSA) is 40.5 Å². The summed E-state index contributed by atoms with van der Waals surface area (Å²) < 4.78 is 27.2. The first-order chi connectivity index (χ1) is 8.40. The standard InChI is InChI=1S/C13H15F2NO2/c1-7-3-12(15)10(4-11(7)14)8(2)16-5-9(6-16)13(17)18/h3-4,8-9H,5-6H2,1-2H3,(H,17,18). The smallest absolute Gasteiger partial charge is 0.309 e. The van der Waals surface area contributed by atoms with Gasteiger partial charge in [-0.15, -0.1) is 0 Å². The largest absolute Gasteiger partial charge is 0.481 e. The lowest BCUT2D eigenvalue weighted by atomic mass is 9.94. The van der Waals surface area contributed by atoms with E-state index in [1.165, 1.54) is 19.1 Å². The predicted molar refractivity (Wildman–Crippen MR) is 62.2 cm³/mol. The van der Waals surface area contributed by atoms with Gasteiger partial charge in [-0.3, -0.25) is 9.69 Å². The van der Waals surface area contributed by atoms with Crippen LogP contribution in [-0.2, 0) is 4.79 Å². The second-order valence-corrected chi connectivity index (χ2v) is 4.79. The maximum Gasteiger partial charge on any atom is 0.309 e. The van der Waals surface area contributed by atoms with Gasteiger partial charge in [-0.1, -0.05) is 0 Å². The molecule has 1 saturated heterocycles. The number of hydrogen-bond donors (Lipinski definition) is 1. The Morgan fingerprint density at radius 2 is 2.00 bits per heavy atom. The lowest BCUT2D eigenvalue weighted by molar-refractivity contribution is -0.148. The molecule has 5 heteroatoms. The number of likely N-dealkylation sites (tertiary alicyclic amines) is 1. The van der Waals surface area contributed by atoms with Gasteiger partial charge in [-0.05, 0) is 31.5 Å². The number of aryl methyl sites for hydroxylation is 1. The first-order valence-corrected chi connectivity index (χ1v) is 5.82. The molecule has 18 heavy (non-hydrogen) atoms. The fourth-order valence-electron chi connectivity index (χ4n) is 2.16. The van der Waals surface area contributed by atoms with E-state index in [-0.39, 0.29) is 17.2 Å². The molecule has 1 aromatic rings. The molecule has 0 amide bonds. The number of halogens is 2. The van der Waals surface area contributed by atoms with E-state index in [4.69, 9.17) is 5.11 Å². The quantitative estimate of drug-likeness (QED) is 0.901. The van der Waals surface area contributed by atoms with Crippen molar-refractivity contribution < 1.29 is 18.7 Å². The van der Waals surface area contributed by atoms with Crippen molar-refractivity contribution in [1.29, 1.82) is 0 Å². The third-order valence-corrected chi connectivity index (χ3v) is 3.53. The Bertz CT molecular complexity index is 484. The highest BCUT2D eigenvalue weighted by atomic mass is 19.1. The molecule has 1 heterocycles. The van der Waals surface area contributed by atoms with Crippen LogP contribution < -0.4 is 0 Å². The highest BCUT2D eigenvalue weighted by Crippen LogP contribution is 2.30. The van der Waals surface area contributed by atoms with Crippen molar-refractivity contribution in [3.63, 3.8) is 0 Å². The summed E-state index contributed by atoms with van der Waals surface area (Å²) >= 11 is 0. The number of nitrogens with zero attached hydrogens (tertiary/aromatic N) is 1. The molecule has 1 N–H and O–H groups in total. The fourth-order valence-corrected chi connectivity index (χ4v) is 2.16. The van der Waals surface area contributed by atoms with Crippen molar-refractivity contribution in [3.05, 3.63) is 34.9 Å². The minimum absolute atomic E-state index is 0.274. The van der Waals surface area contributed by atoms with Crippen LogP contribution in [0.25, 0.3) is 0 Å². The molecule has 3 nitrogen and oxygen atoms in total. The van der Waals surface area contributed by atoms with E-state index in [1.54, 1.807) is 6.92 Å². The molecule has 1 aliphatic rings. The van der Waals surface area contributed by atoms with Gasteiger partial charge in [0.05, 0.1) is 5.92 Å². The third kappa shape index (κ3) is 2.22. The SMILES string of the molecule is Cc1cc(F)c(C(C)N2CC(C(=O)O)C2)cc1F. The summed E-state index contributed by atoms with van der Waals surface area (Å²) in [5.41, 5.74) is 0.553. The molecule has 0 radical (unpaired) electrons. The van der Waals surface area contributed by atoms with Crippen LogP contribution in [0.4, 0.5) is 8.78 Å². The van der Waals surface area contributed by atoms with Crippen LogP contribution in [-0.4, -0.2) is 29.1 Å². The summed E-state index contributed by atoms with van der Waals surface area (Å²) in [5.74, 6) is -2.12. The van der Waals surface area contributed by atoms with Crippen LogP contribution in [0.5, 0.6) is 0 Å². The Morgan fingerprint density at radius 3 is 2.56 bits per heavy atom. The van der Waals surface area contributed by atoms with Crippen LogP contribution in [0.3, 0.4) is 0 Å². The van der Waals surface area contributed by atoms with E-state index in [0.717, 1.165) is 0 Å². The Kier molecular flexibility index (Phi) is 3.34. The minimum Gasteiger partial charge on any atom is -0.481 e. The zero-order valence-electron chi connectivity index (χ0n) is 10.3. The predicted octanol–water partition coefficient (Wildman–Crippen LogP) is 2.35. The van der Waals surface area contributed by atoms with Gasteiger partial charge in [0.25, 0.3) is 0 Å². The zero-order chi connectivity index (χ0) is 13.4. The molecule has 0 bridgehead atoms. The monoisotopic (exact) mass is 255 g/mol. The average molecular weight is 255 g/mol. The second kappa shape index (κ2) is 4.65. The summed E-state index contributed by atoms with van der Waals surface area (Å²) in [6.45, 7) is 4.03. The summed E-state index contributed by atoms with van der Waals surface area (Å²) in [6.07, 6.45) is 0. The van der Waals surface area contributed by atoms with Gasteiger partial charge in [0.2, 0.25) is 0 Å². The molecule has 1 fully saturated rings. The number of aliphatic carboxylic acids is 1. The molecule has 1 aromatic carbocycles. The van der Waals surface area contributed by atoms with E-state index in [9.17, 15) is 13.6 Å². The Balaban J connectivity index is 2.13. The van der Waals surface area contributed by atoms with Crippen LogP contribution in [0.2, 0.25) is 0 Å². The van der Waals surface area contributed by atoms with Crippen LogP contribution in [0.15, 0.2) is 12.1 Å². The van der Waals surface area contributed by atoms with Gasteiger partial charge < -0.3 is 5.11 Å². The van der Waals surface area contributed by atoms with E-state index >= 15 is 0 Å². The van der Waals surface area contributed by atoms with Gasteiger partial charge >= 0.3 is 5.97 Å². The highest BCUT2D eigenvalue weighted by Gasteiger charge is 2.36. The summed E-state index contributed by atoms with van der Waals surface area (Å²) in [4.78, 5) is 12.5. The molecule has 1 atom stereocenters. The molecular formula is C13H15F2NO2. The van der Waals surface area contributed by atoms with E-state index in [1.807, 2.05) is 4.90 Å². The summed E-state index contributed by atoms with van der Waals surface area (Å²) in [7, 11) is 0. The average Bonchev–Trinajstić information content (AvgIpc) is 2.20. The normalized spacial score (nSPS) is 18.4. The van der Waals surface area contributed by atoms with Gasteiger partial charge in [-0.2, -0.15) is 0 Å². The first-order valence-electron chi connectivity index (χ1n) is 5.82. The van der Waals surface area contributed by atoms with Gasteiger partial charge in [0.15, 0.2) is 0 Å². The fraction of sp³-hybridized carbons (Fsp3) is 0.462. The lowest BCUT2D eigenvalue weighted by Crippen LogP contribution is -2.51. The van der Waals surface area contributed by atoms with Crippen molar-refractivity contribution in [1.82, 2.24) is 4.90 Å². The molecule has 2 rings (SSSR count). The Morgan fingerprint density at radius 1 is 1.39 bits per heavy atom. The maximum atomic E-state index is 13.7. The molecule has 0 saturated carbocycles. The summed E-state index contributed by atoms with van der Waals surface area (Å²) in [6, 6.07) is 2.06. The highest BCUT2D eigenvalue weighted by molar-refractivity contribution is 5.71. The molecule has 0 aromatic heterocycles. The molecular weight excluding hydrogens is 240 g/mol. The lowest BCUT2D eigenvalue weighted by Gasteiger charge is -2.41. The molecule has 0 spiro atoms. The molecule has 0 aliphatic carbocycles. The van der Waals surface area contributed by atoms with E-state index in [2.05, 4.69) is 0 Å². The van der Waals surface area contributed by atoms with Crippen molar-refractivity contribution in [2.24, 2.45) is 5.92 Å². The number of carboxylic acid groups (broad SMARTS) is 1. The number of benzene rings is 1. The first kappa shape index (κ1) is 13.0. The third-order valence-electron chi connectivity index (χ3n) is 3.53. The molecule has 1 aliphatic heterocycles. The van der Waals surface area contributed by atoms with Gasteiger partial charge in [0, 0.05) is 24.7 Å². The second-order valence-electron chi connectivity index (χ2n) is 4.79. The number of carboxylic acids is 1. The van der Waals surface area contributed by atoms with Crippen LogP contribution >= 0.6 is 0 Å². The van der Waals surface area contributed by atoms with E-state index < -0.39 is 23.5 Å². The Labute approximate surface area is 104 Å². The number of carbonyl (C=O) groups is 1. The summed E-state index contributed by atoms with van der Waals surface area (Å²) in [5, 5.41) is 8.78. The molecule has 98 valence electrons. The van der Waals surface area contributed by atoms with Crippen molar-refractivity contribution in [3.8, 4) is 0 Å². The van der Waals surface area contributed by atoms with Crippen molar-refractivity contribution in [2.75, 3.05) is 13.1 Å². The maximum absolute atomic E-state index is 13.7. The van der Waals surface area contributed by atoms with Crippen LogP contribution in [0, 0.1) is 24.5 Å². The van der Waals surface area contributed by atoms with Crippen molar-refractivity contribution >= 4 is 5.97 Å². The number of hydrogen-bond acceptors (Lipinski definition) is 2. The minimum atomic E-state index is -0.839. The van der Waals surface area contributed by atoms with Crippen LogP contribution in [0.1, 0.15) is 24.1 Å². The Hall–Kier alpha value is -1.49. The van der Waals surface area contributed by atoms with Gasteiger partial charge in [-0.25, -0.2) is 8.78 Å². The van der Waals surface area contributed by atoms with E-state index in [0.29, 0.717) is 13.1 Å². The number of rotatable bonds is 3. The molecule has 1 unspecified atom stereocenters. The van der Waals surface area contributed by atoms with Gasteiger partial charge in [0.1, 0.15) is 11.6 Å².